The van der Waals surface area contributed by atoms with Gasteiger partial charge in [-0.25, -0.2) is 10.2 Å². The van der Waals surface area contributed by atoms with Gasteiger partial charge in [0.25, 0.3) is 5.91 Å². The van der Waals surface area contributed by atoms with Crippen molar-refractivity contribution in [2.24, 2.45) is 0 Å². The molecule has 1 rings (SSSR count). The monoisotopic (exact) mass is 251 g/mol. The number of hydrogen-bond donors (Lipinski definition) is 2. The molecule has 2 N–H and O–H groups in total. The lowest BCUT2D eigenvalue weighted by atomic mass is 10.2. The summed E-state index contributed by atoms with van der Waals surface area (Å²) in [4.78, 5) is 37.8. The zero-order valence-corrected chi connectivity index (χ0v) is 9.97. The standard InChI is InChI=1S/C11H13N3O4/c1-7(15)9(11(17)18-2)13-14-10(16)8-3-5-12-6-4-8/h3-6,9,13H,1-2H3,(H,14,16). The molecule has 0 saturated heterocycles. The largest absolute Gasteiger partial charge is 0.467 e. The van der Waals surface area contributed by atoms with Gasteiger partial charge in [-0.1, -0.05) is 0 Å². The Hall–Kier alpha value is -2.28. The van der Waals surface area contributed by atoms with Crippen LogP contribution in [0.3, 0.4) is 0 Å². The van der Waals surface area contributed by atoms with Gasteiger partial charge in [-0.2, -0.15) is 0 Å². The molecule has 0 bridgehead atoms. The van der Waals surface area contributed by atoms with E-state index < -0.39 is 23.7 Å². The van der Waals surface area contributed by atoms with Crippen molar-refractivity contribution in [2.45, 2.75) is 13.0 Å². The van der Waals surface area contributed by atoms with Crippen LogP contribution in [0, 0.1) is 0 Å². The van der Waals surface area contributed by atoms with Crippen LogP contribution < -0.4 is 10.9 Å². The normalized spacial score (nSPS) is 11.4. The van der Waals surface area contributed by atoms with Gasteiger partial charge in [-0.3, -0.25) is 20.0 Å². The molecule has 1 atom stereocenters. The predicted molar refractivity (Wildman–Crippen MR) is 61.3 cm³/mol. The Morgan fingerprint density at radius 3 is 2.39 bits per heavy atom. The third-order valence-electron chi connectivity index (χ3n) is 2.12. The second-order valence-corrected chi connectivity index (χ2v) is 3.40. The number of ether oxygens (including phenoxy) is 1. The van der Waals surface area contributed by atoms with Crippen molar-refractivity contribution in [1.29, 1.82) is 0 Å². The van der Waals surface area contributed by atoms with Crippen LogP contribution in [0.15, 0.2) is 24.5 Å². The minimum Gasteiger partial charge on any atom is -0.467 e. The maximum Gasteiger partial charge on any atom is 0.332 e. The summed E-state index contributed by atoms with van der Waals surface area (Å²) in [5.74, 6) is -1.71. The van der Waals surface area contributed by atoms with Gasteiger partial charge in [-0.05, 0) is 19.1 Å². The summed E-state index contributed by atoms with van der Waals surface area (Å²) < 4.78 is 4.43. The number of hydrazine groups is 1. The zero-order valence-electron chi connectivity index (χ0n) is 9.97. The van der Waals surface area contributed by atoms with Gasteiger partial charge < -0.3 is 4.74 Å². The van der Waals surface area contributed by atoms with Crippen molar-refractivity contribution in [2.75, 3.05) is 7.11 Å². The molecular formula is C11H13N3O4. The fraction of sp³-hybridized carbons (Fsp3) is 0.273. The predicted octanol–water partition coefficient (Wildman–Crippen LogP) is -0.553. The molecule has 18 heavy (non-hydrogen) atoms. The SMILES string of the molecule is COC(=O)C(NNC(=O)c1ccncc1)C(C)=O. The van der Waals surface area contributed by atoms with E-state index in [2.05, 4.69) is 20.6 Å². The number of carbonyl (C=O) groups excluding carboxylic acids is 3. The van der Waals surface area contributed by atoms with Crippen molar-refractivity contribution < 1.29 is 19.1 Å². The summed E-state index contributed by atoms with van der Waals surface area (Å²) in [7, 11) is 1.16. The summed E-state index contributed by atoms with van der Waals surface area (Å²) in [6.07, 6.45) is 2.91. The summed E-state index contributed by atoms with van der Waals surface area (Å²) in [6.45, 7) is 1.22. The molecule has 0 spiro atoms. The molecule has 0 aliphatic carbocycles. The van der Waals surface area contributed by atoms with Crippen molar-refractivity contribution >= 4 is 17.7 Å². The number of aromatic nitrogens is 1. The molecule has 0 aliphatic rings. The number of amides is 1. The topological polar surface area (TPSA) is 97.4 Å². The molecular weight excluding hydrogens is 238 g/mol. The number of esters is 1. The molecule has 1 aromatic heterocycles. The molecule has 1 amide bonds. The van der Waals surface area contributed by atoms with E-state index in [0.29, 0.717) is 5.56 Å². The van der Waals surface area contributed by atoms with Crippen molar-refractivity contribution in [3.05, 3.63) is 30.1 Å². The van der Waals surface area contributed by atoms with Gasteiger partial charge >= 0.3 is 5.97 Å². The molecule has 0 saturated carbocycles. The smallest absolute Gasteiger partial charge is 0.332 e. The van der Waals surface area contributed by atoms with Crippen LogP contribution in [0.2, 0.25) is 0 Å². The molecule has 7 heteroatoms. The molecule has 0 radical (unpaired) electrons. The number of Topliss-reactive ketones (excluding diaryl/α,β-unsaturated/α-hetero) is 1. The van der Waals surface area contributed by atoms with E-state index in [1.807, 2.05) is 0 Å². The van der Waals surface area contributed by atoms with E-state index in [1.165, 1.54) is 31.5 Å². The summed E-state index contributed by atoms with van der Waals surface area (Å²) in [6, 6.07) is 1.77. The number of carbonyl (C=O) groups is 3. The average Bonchev–Trinajstić information content (AvgIpc) is 2.39. The highest BCUT2D eigenvalue weighted by molar-refractivity contribution is 6.02. The van der Waals surface area contributed by atoms with E-state index >= 15 is 0 Å². The van der Waals surface area contributed by atoms with Gasteiger partial charge in [0.1, 0.15) is 0 Å². The number of hydrogen-bond acceptors (Lipinski definition) is 6. The van der Waals surface area contributed by atoms with Gasteiger partial charge in [0.05, 0.1) is 7.11 Å². The first kappa shape index (κ1) is 13.8. The third-order valence-corrected chi connectivity index (χ3v) is 2.12. The number of nitrogens with zero attached hydrogens (tertiary/aromatic N) is 1. The number of ketones is 1. The lowest BCUT2D eigenvalue weighted by molar-refractivity contribution is -0.146. The zero-order chi connectivity index (χ0) is 13.5. The van der Waals surface area contributed by atoms with Gasteiger partial charge in [0.2, 0.25) is 0 Å². The molecule has 7 nitrogen and oxygen atoms in total. The van der Waals surface area contributed by atoms with E-state index in [-0.39, 0.29) is 0 Å². The van der Waals surface area contributed by atoms with Crippen LogP contribution >= 0.6 is 0 Å². The van der Waals surface area contributed by atoms with Crippen LogP contribution in [0.5, 0.6) is 0 Å². The van der Waals surface area contributed by atoms with E-state index in [1.54, 1.807) is 0 Å². The number of methoxy groups -OCH3 is 1. The number of rotatable bonds is 5. The highest BCUT2D eigenvalue weighted by Gasteiger charge is 2.24. The lowest BCUT2D eigenvalue weighted by Gasteiger charge is -2.14. The maximum absolute atomic E-state index is 11.6. The van der Waals surface area contributed by atoms with Crippen LogP contribution in [0.4, 0.5) is 0 Å². The fourth-order valence-corrected chi connectivity index (χ4v) is 1.16. The number of pyridine rings is 1. The first-order chi connectivity index (χ1) is 8.56. The van der Waals surface area contributed by atoms with Gasteiger partial charge in [0, 0.05) is 18.0 Å². The Morgan fingerprint density at radius 1 is 1.28 bits per heavy atom. The number of nitrogens with one attached hydrogen (secondary N) is 2. The van der Waals surface area contributed by atoms with Crippen LogP contribution in [-0.2, 0) is 14.3 Å². The quantitative estimate of drug-likeness (QED) is 0.414. The average molecular weight is 251 g/mol. The van der Waals surface area contributed by atoms with Crippen molar-refractivity contribution in [3.8, 4) is 0 Å². The van der Waals surface area contributed by atoms with E-state index in [0.717, 1.165) is 7.11 Å². The lowest BCUT2D eigenvalue weighted by Crippen LogP contribution is -2.51. The summed E-state index contributed by atoms with van der Waals surface area (Å²) >= 11 is 0. The molecule has 1 heterocycles. The molecule has 96 valence electrons. The van der Waals surface area contributed by atoms with Crippen LogP contribution in [0.25, 0.3) is 0 Å². The first-order valence-corrected chi connectivity index (χ1v) is 5.10. The summed E-state index contributed by atoms with van der Waals surface area (Å²) in [5.41, 5.74) is 4.93. The molecule has 0 fully saturated rings. The van der Waals surface area contributed by atoms with Crippen LogP contribution in [-0.4, -0.2) is 35.8 Å². The minimum absolute atomic E-state index is 0.352. The Balaban J connectivity index is 2.61. The van der Waals surface area contributed by atoms with Gasteiger partial charge in [0.15, 0.2) is 11.8 Å². The Morgan fingerprint density at radius 2 is 1.89 bits per heavy atom. The van der Waals surface area contributed by atoms with Gasteiger partial charge in [-0.15, -0.1) is 0 Å². The Labute approximate surface area is 104 Å². The van der Waals surface area contributed by atoms with Crippen molar-refractivity contribution in [1.82, 2.24) is 15.8 Å². The fourth-order valence-electron chi connectivity index (χ4n) is 1.16. The second kappa shape index (κ2) is 6.45. The molecule has 0 aliphatic heterocycles. The van der Waals surface area contributed by atoms with Crippen molar-refractivity contribution in [3.63, 3.8) is 0 Å². The molecule has 1 unspecified atom stereocenters. The van der Waals surface area contributed by atoms with E-state index in [9.17, 15) is 14.4 Å². The minimum atomic E-state index is -1.22. The first-order valence-electron chi connectivity index (χ1n) is 5.10. The second-order valence-electron chi connectivity index (χ2n) is 3.40. The highest BCUT2D eigenvalue weighted by atomic mass is 16.5. The molecule has 0 aromatic carbocycles. The Bertz CT molecular complexity index is 447. The molecule has 1 aromatic rings. The summed E-state index contributed by atoms with van der Waals surface area (Å²) in [5, 5.41) is 0. The van der Waals surface area contributed by atoms with E-state index in [4.69, 9.17) is 0 Å². The maximum atomic E-state index is 11.6. The van der Waals surface area contributed by atoms with Crippen LogP contribution in [0.1, 0.15) is 17.3 Å². The Kier molecular flexibility index (Phi) is 4.94. The third kappa shape index (κ3) is 3.63. The highest BCUT2D eigenvalue weighted by Crippen LogP contribution is 1.95.